The van der Waals surface area contributed by atoms with Crippen molar-refractivity contribution < 1.29 is 9.90 Å². The van der Waals surface area contributed by atoms with Crippen LogP contribution in [0.5, 0.6) is 5.75 Å². The molecule has 1 aliphatic heterocycles. The average molecular weight is 246 g/mol. The van der Waals surface area contributed by atoms with Gasteiger partial charge in [0.05, 0.1) is 12.7 Å². The van der Waals surface area contributed by atoms with Crippen LogP contribution in [0.4, 0.5) is 0 Å². The summed E-state index contributed by atoms with van der Waals surface area (Å²) < 4.78 is 0. The molecule has 0 bridgehead atoms. The van der Waals surface area contributed by atoms with E-state index in [9.17, 15) is 4.79 Å². The summed E-state index contributed by atoms with van der Waals surface area (Å²) >= 11 is 0. The van der Waals surface area contributed by atoms with Gasteiger partial charge >= 0.3 is 0 Å². The van der Waals surface area contributed by atoms with Crippen LogP contribution in [0.25, 0.3) is 0 Å². The third-order valence-electron chi connectivity index (χ3n) is 4.20. The highest BCUT2D eigenvalue weighted by Gasteiger charge is 2.36. The highest BCUT2D eigenvalue weighted by molar-refractivity contribution is 5.95. The van der Waals surface area contributed by atoms with E-state index >= 15 is 0 Å². The van der Waals surface area contributed by atoms with Gasteiger partial charge in [-0.3, -0.25) is 9.69 Å². The van der Waals surface area contributed by atoms with Crippen LogP contribution >= 0.6 is 0 Å². The topological polar surface area (TPSA) is 53.4 Å². The fourth-order valence-corrected chi connectivity index (χ4v) is 3.30. The minimum absolute atomic E-state index is 0.0509. The maximum absolute atomic E-state index is 12.0. The van der Waals surface area contributed by atoms with Crippen molar-refractivity contribution in [1.29, 1.82) is 0 Å². The summed E-state index contributed by atoms with van der Waals surface area (Å²) in [5.74, 6) is 1.77. The zero-order valence-corrected chi connectivity index (χ0v) is 10.4. The number of pyridine rings is 1. The Morgan fingerprint density at radius 1 is 1.33 bits per heavy atom. The first-order valence-electron chi connectivity index (χ1n) is 6.63. The molecule has 0 aromatic carbocycles. The number of nitrogens with zero attached hydrogens (tertiary/aromatic N) is 2. The van der Waals surface area contributed by atoms with Crippen LogP contribution < -0.4 is 0 Å². The molecule has 4 nitrogen and oxygen atoms in total. The lowest BCUT2D eigenvalue weighted by Crippen LogP contribution is -2.29. The second-order valence-electron chi connectivity index (χ2n) is 5.47. The van der Waals surface area contributed by atoms with Crippen molar-refractivity contribution in [2.75, 3.05) is 19.6 Å². The fraction of sp³-hybridized carbons (Fsp3) is 0.571. The second kappa shape index (κ2) is 4.69. The van der Waals surface area contributed by atoms with Crippen molar-refractivity contribution in [2.24, 2.45) is 11.8 Å². The Balaban J connectivity index is 1.60. The van der Waals surface area contributed by atoms with Gasteiger partial charge < -0.3 is 5.11 Å². The zero-order valence-electron chi connectivity index (χ0n) is 10.4. The number of carbonyl (C=O) groups excluding carboxylic acids is 1. The molecule has 1 aromatic rings. The van der Waals surface area contributed by atoms with E-state index in [0.29, 0.717) is 12.2 Å². The SMILES string of the molecule is O=C(CN1CC2CCCC2C1)c1ccc(O)cn1. The van der Waals surface area contributed by atoms with Gasteiger partial charge in [0, 0.05) is 13.1 Å². The molecule has 1 saturated heterocycles. The molecule has 1 saturated carbocycles. The molecule has 2 heterocycles. The molecule has 2 unspecified atom stereocenters. The van der Waals surface area contributed by atoms with Crippen molar-refractivity contribution in [3.63, 3.8) is 0 Å². The number of aromatic nitrogens is 1. The van der Waals surface area contributed by atoms with Crippen LogP contribution in [0.2, 0.25) is 0 Å². The Hall–Kier alpha value is -1.42. The van der Waals surface area contributed by atoms with Crippen molar-refractivity contribution in [1.82, 2.24) is 9.88 Å². The lowest BCUT2D eigenvalue weighted by atomic mass is 10.0. The number of likely N-dealkylation sites (tertiary alicyclic amines) is 1. The van der Waals surface area contributed by atoms with Crippen LogP contribution in [-0.4, -0.2) is 40.4 Å². The van der Waals surface area contributed by atoms with Crippen LogP contribution in [0.15, 0.2) is 18.3 Å². The second-order valence-corrected chi connectivity index (χ2v) is 5.47. The Kier molecular flexibility index (Phi) is 3.04. The van der Waals surface area contributed by atoms with Gasteiger partial charge in [-0.25, -0.2) is 4.98 Å². The van der Waals surface area contributed by atoms with E-state index in [-0.39, 0.29) is 11.5 Å². The van der Waals surface area contributed by atoms with Crippen LogP contribution in [0.3, 0.4) is 0 Å². The summed E-state index contributed by atoms with van der Waals surface area (Å²) in [6.07, 6.45) is 5.34. The molecule has 0 spiro atoms. The molecule has 2 atom stereocenters. The van der Waals surface area contributed by atoms with Gasteiger partial charge in [-0.05, 0) is 36.8 Å². The van der Waals surface area contributed by atoms with E-state index in [1.807, 2.05) is 0 Å². The average Bonchev–Trinajstić information content (AvgIpc) is 2.90. The number of hydrogen-bond acceptors (Lipinski definition) is 4. The highest BCUT2D eigenvalue weighted by Crippen LogP contribution is 2.37. The first kappa shape index (κ1) is 11.7. The van der Waals surface area contributed by atoms with Crippen molar-refractivity contribution in [3.8, 4) is 5.75 Å². The zero-order chi connectivity index (χ0) is 12.5. The standard InChI is InChI=1S/C14H18N2O2/c17-12-4-5-13(15-6-12)14(18)9-16-7-10-2-1-3-11(10)8-16/h4-6,10-11,17H,1-3,7-9H2. The van der Waals surface area contributed by atoms with E-state index in [1.165, 1.54) is 31.5 Å². The van der Waals surface area contributed by atoms with Gasteiger partial charge in [0.15, 0.2) is 5.78 Å². The molecule has 0 amide bonds. The maximum Gasteiger partial charge on any atom is 0.195 e. The number of fused-ring (bicyclic) bond motifs is 1. The molecule has 96 valence electrons. The highest BCUT2D eigenvalue weighted by atomic mass is 16.3. The molecule has 4 heteroatoms. The van der Waals surface area contributed by atoms with Gasteiger partial charge in [0.25, 0.3) is 0 Å². The quantitative estimate of drug-likeness (QED) is 0.825. The van der Waals surface area contributed by atoms with Gasteiger partial charge in [-0.2, -0.15) is 0 Å². The number of aromatic hydroxyl groups is 1. The number of rotatable bonds is 3. The third-order valence-corrected chi connectivity index (χ3v) is 4.20. The summed E-state index contributed by atoms with van der Waals surface area (Å²) in [4.78, 5) is 18.3. The summed E-state index contributed by atoms with van der Waals surface area (Å²) in [6.45, 7) is 2.59. The predicted molar refractivity (Wildman–Crippen MR) is 67.5 cm³/mol. The lowest BCUT2D eigenvalue weighted by molar-refractivity contribution is 0.0936. The van der Waals surface area contributed by atoms with E-state index in [1.54, 1.807) is 6.07 Å². The number of carbonyl (C=O) groups is 1. The third kappa shape index (κ3) is 2.25. The number of ketones is 1. The summed E-state index contributed by atoms with van der Waals surface area (Å²) in [7, 11) is 0. The van der Waals surface area contributed by atoms with Crippen molar-refractivity contribution in [3.05, 3.63) is 24.0 Å². The molecule has 3 rings (SSSR count). The molecule has 18 heavy (non-hydrogen) atoms. The van der Waals surface area contributed by atoms with Crippen LogP contribution in [0.1, 0.15) is 29.8 Å². The molecule has 2 fully saturated rings. The molecule has 2 aliphatic rings. The first-order valence-corrected chi connectivity index (χ1v) is 6.63. The minimum Gasteiger partial charge on any atom is -0.506 e. The predicted octanol–water partition coefficient (Wildman–Crippen LogP) is 1.70. The number of hydrogen-bond donors (Lipinski definition) is 1. The summed E-state index contributed by atoms with van der Waals surface area (Å²) in [6, 6.07) is 3.10. The van der Waals surface area contributed by atoms with E-state index in [4.69, 9.17) is 5.11 Å². The van der Waals surface area contributed by atoms with Crippen molar-refractivity contribution in [2.45, 2.75) is 19.3 Å². The van der Waals surface area contributed by atoms with Crippen molar-refractivity contribution >= 4 is 5.78 Å². The summed E-state index contributed by atoms with van der Waals surface area (Å²) in [5, 5.41) is 9.15. The summed E-state index contributed by atoms with van der Waals surface area (Å²) in [5.41, 5.74) is 0.449. The molecular weight excluding hydrogens is 228 g/mol. The Labute approximate surface area is 107 Å². The Morgan fingerprint density at radius 2 is 2.06 bits per heavy atom. The van der Waals surface area contributed by atoms with Gasteiger partial charge in [-0.15, -0.1) is 0 Å². The molecule has 1 aromatic heterocycles. The van der Waals surface area contributed by atoms with Gasteiger partial charge in [0.2, 0.25) is 0 Å². The van der Waals surface area contributed by atoms with Crippen LogP contribution in [-0.2, 0) is 0 Å². The van der Waals surface area contributed by atoms with Crippen LogP contribution in [0, 0.1) is 11.8 Å². The molecule has 1 aliphatic carbocycles. The smallest absolute Gasteiger partial charge is 0.195 e. The maximum atomic E-state index is 12.0. The largest absolute Gasteiger partial charge is 0.506 e. The fourth-order valence-electron chi connectivity index (χ4n) is 3.30. The van der Waals surface area contributed by atoms with E-state index in [0.717, 1.165) is 24.9 Å². The van der Waals surface area contributed by atoms with Gasteiger partial charge in [-0.1, -0.05) is 6.42 Å². The molecule has 0 radical (unpaired) electrons. The monoisotopic (exact) mass is 246 g/mol. The number of Topliss-reactive ketones (excluding diaryl/α,β-unsaturated/α-hetero) is 1. The Bertz CT molecular complexity index is 432. The Morgan fingerprint density at radius 3 is 2.67 bits per heavy atom. The molecular formula is C14H18N2O2. The first-order chi connectivity index (χ1) is 8.72. The molecule has 1 N–H and O–H groups in total. The lowest BCUT2D eigenvalue weighted by Gasteiger charge is -2.15. The van der Waals surface area contributed by atoms with Gasteiger partial charge in [0.1, 0.15) is 11.4 Å². The minimum atomic E-state index is 0.0509. The normalized spacial score (nSPS) is 27.3. The van der Waals surface area contributed by atoms with E-state index in [2.05, 4.69) is 9.88 Å². The van der Waals surface area contributed by atoms with E-state index < -0.39 is 0 Å².